The quantitative estimate of drug-likeness (QED) is 0.784. The molecule has 0 atom stereocenters. The van der Waals surface area contributed by atoms with Crippen molar-refractivity contribution in [3.63, 3.8) is 0 Å². The number of carbonyl (C=O) groups excluding carboxylic acids is 1. The third-order valence-corrected chi connectivity index (χ3v) is 3.87. The van der Waals surface area contributed by atoms with Crippen molar-refractivity contribution < 1.29 is 18.7 Å². The molecule has 0 saturated carbocycles. The third-order valence-electron chi connectivity index (χ3n) is 3.87. The summed E-state index contributed by atoms with van der Waals surface area (Å²) in [7, 11) is 0. The van der Waals surface area contributed by atoms with E-state index in [1.807, 2.05) is 6.92 Å². The van der Waals surface area contributed by atoms with Gasteiger partial charge in [-0.2, -0.15) is 0 Å². The van der Waals surface area contributed by atoms with Gasteiger partial charge in [-0.25, -0.2) is 9.18 Å². The lowest BCUT2D eigenvalue weighted by Crippen LogP contribution is -2.45. The predicted octanol–water partition coefficient (Wildman–Crippen LogP) is 2.55. The minimum atomic E-state index is -0.272. The number of piperidine rings is 1. The number of ether oxygens (including phenoxy) is 2. The van der Waals surface area contributed by atoms with Crippen LogP contribution in [-0.2, 0) is 16.0 Å². The summed E-state index contributed by atoms with van der Waals surface area (Å²) in [5.41, 5.74) is 0.883. The molecule has 1 N–H and O–H groups in total. The van der Waals surface area contributed by atoms with Gasteiger partial charge in [0.25, 0.3) is 0 Å². The third kappa shape index (κ3) is 6.15. The Labute approximate surface area is 136 Å². The zero-order valence-corrected chi connectivity index (χ0v) is 13.6. The summed E-state index contributed by atoms with van der Waals surface area (Å²) in [6.07, 6.45) is 1.89. The smallest absolute Gasteiger partial charge is 0.317 e. The van der Waals surface area contributed by atoms with Crippen LogP contribution in [0.2, 0.25) is 0 Å². The number of hydrogen-bond acceptors (Lipinski definition) is 3. The van der Waals surface area contributed by atoms with Crippen LogP contribution in [0.4, 0.5) is 9.18 Å². The number of benzene rings is 1. The van der Waals surface area contributed by atoms with E-state index in [1.54, 1.807) is 17.0 Å². The number of rotatable bonds is 7. The molecule has 5 nitrogen and oxygen atoms in total. The van der Waals surface area contributed by atoms with Gasteiger partial charge in [0.15, 0.2) is 0 Å². The van der Waals surface area contributed by atoms with E-state index in [1.165, 1.54) is 12.1 Å². The van der Waals surface area contributed by atoms with Crippen molar-refractivity contribution >= 4 is 6.03 Å². The second-order valence-corrected chi connectivity index (χ2v) is 5.54. The first kappa shape index (κ1) is 17.7. The lowest BCUT2D eigenvalue weighted by Gasteiger charge is -2.32. The molecule has 6 heteroatoms. The van der Waals surface area contributed by atoms with E-state index >= 15 is 0 Å². The number of likely N-dealkylation sites (tertiary alicyclic amines) is 1. The number of urea groups is 1. The minimum Gasteiger partial charge on any atom is -0.379 e. The maximum atomic E-state index is 12.8. The molecule has 1 fully saturated rings. The van der Waals surface area contributed by atoms with Crippen molar-refractivity contribution in [3.05, 3.63) is 35.6 Å². The van der Waals surface area contributed by atoms with Crippen LogP contribution >= 0.6 is 0 Å². The molecule has 1 aliphatic rings. The Morgan fingerprint density at radius 1 is 1.26 bits per heavy atom. The Kier molecular flexibility index (Phi) is 7.29. The van der Waals surface area contributed by atoms with Crippen LogP contribution in [0.5, 0.6) is 0 Å². The van der Waals surface area contributed by atoms with Crippen molar-refractivity contribution in [2.45, 2.75) is 32.4 Å². The first-order valence-electron chi connectivity index (χ1n) is 8.15. The topological polar surface area (TPSA) is 50.8 Å². The lowest BCUT2D eigenvalue weighted by atomic mass is 10.1. The Hall–Kier alpha value is -1.66. The van der Waals surface area contributed by atoms with E-state index in [9.17, 15) is 9.18 Å². The molecule has 1 aromatic rings. The minimum absolute atomic E-state index is 0.0814. The number of carbonyl (C=O) groups is 1. The highest BCUT2D eigenvalue weighted by Crippen LogP contribution is 2.14. The molecule has 1 saturated heterocycles. The molecule has 23 heavy (non-hydrogen) atoms. The van der Waals surface area contributed by atoms with Gasteiger partial charge in [-0.3, -0.25) is 0 Å². The number of amides is 2. The van der Waals surface area contributed by atoms with Gasteiger partial charge in [0, 0.05) is 26.2 Å². The Morgan fingerprint density at radius 2 is 1.96 bits per heavy atom. The SMILES string of the molecule is CCOCCOC1CCN(C(=O)NCc2ccc(F)cc2)CC1. The van der Waals surface area contributed by atoms with Gasteiger partial charge in [-0.15, -0.1) is 0 Å². The summed E-state index contributed by atoms with van der Waals surface area (Å²) in [6, 6.07) is 6.06. The molecule has 2 amide bonds. The van der Waals surface area contributed by atoms with Crippen LogP contribution in [0.1, 0.15) is 25.3 Å². The fourth-order valence-electron chi connectivity index (χ4n) is 2.54. The average molecular weight is 324 g/mol. The van der Waals surface area contributed by atoms with E-state index in [2.05, 4.69) is 5.32 Å². The monoisotopic (exact) mass is 324 g/mol. The fraction of sp³-hybridized carbons (Fsp3) is 0.588. The van der Waals surface area contributed by atoms with Gasteiger partial charge < -0.3 is 19.7 Å². The average Bonchev–Trinajstić information content (AvgIpc) is 2.58. The fourth-order valence-corrected chi connectivity index (χ4v) is 2.54. The molecule has 0 radical (unpaired) electrons. The Balaban J connectivity index is 1.64. The van der Waals surface area contributed by atoms with E-state index in [4.69, 9.17) is 9.47 Å². The van der Waals surface area contributed by atoms with Gasteiger partial charge in [-0.05, 0) is 37.5 Å². The van der Waals surface area contributed by atoms with Crippen LogP contribution < -0.4 is 5.32 Å². The van der Waals surface area contributed by atoms with Gasteiger partial charge >= 0.3 is 6.03 Å². The van der Waals surface area contributed by atoms with Crippen LogP contribution in [0.3, 0.4) is 0 Å². The zero-order chi connectivity index (χ0) is 16.5. The van der Waals surface area contributed by atoms with Gasteiger partial charge in [0.1, 0.15) is 5.82 Å². The second-order valence-electron chi connectivity index (χ2n) is 5.54. The molecular weight excluding hydrogens is 299 g/mol. The summed E-state index contributed by atoms with van der Waals surface area (Å²) < 4.78 is 23.8. The summed E-state index contributed by atoms with van der Waals surface area (Å²) in [4.78, 5) is 13.9. The summed E-state index contributed by atoms with van der Waals surface area (Å²) in [5, 5.41) is 2.87. The molecule has 1 aliphatic heterocycles. The van der Waals surface area contributed by atoms with Crippen LogP contribution in [-0.4, -0.2) is 49.9 Å². The normalized spacial score (nSPS) is 15.7. The zero-order valence-electron chi connectivity index (χ0n) is 13.6. The highest BCUT2D eigenvalue weighted by atomic mass is 19.1. The van der Waals surface area contributed by atoms with Crippen molar-refractivity contribution in [2.75, 3.05) is 32.9 Å². The summed E-state index contributed by atoms with van der Waals surface area (Å²) in [5.74, 6) is -0.272. The summed E-state index contributed by atoms with van der Waals surface area (Å²) >= 11 is 0. The predicted molar refractivity (Wildman–Crippen MR) is 85.7 cm³/mol. The van der Waals surface area contributed by atoms with E-state index in [0.29, 0.717) is 39.5 Å². The molecule has 0 bridgehead atoms. The molecule has 2 rings (SSSR count). The first-order chi connectivity index (χ1) is 11.2. The molecule has 0 aliphatic carbocycles. The van der Waals surface area contributed by atoms with Crippen molar-refractivity contribution in [3.8, 4) is 0 Å². The number of nitrogens with one attached hydrogen (secondary N) is 1. The van der Waals surface area contributed by atoms with Crippen molar-refractivity contribution in [1.29, 1.82) is 0 Å². The van der Waals surface area contributed by atoms with E-state index < -0.39 is 0 Å². The van der Waals surface area contributed by atoms with Crippen LogP contribution in [0.15, 0.2) is 24.3 Å². The first-order valence-corrected chi connectivity index (χ1v) is 8.15. The number of nitrogens with zero attached hydrogens (tertiary/aromatic N) is 1. The Bertz CT molecular complexity index is 473. The van der Waals surface area contributed by atoms with E-state index in [0.717, 1.165) is 18.4 Å². The number of halogens is 1. The maximum absolute atomic E-state index is 12.8. The summed E-state index contributed by atoms with van der Waals surface area (Å²) in [6.45, 7) is 5.68. The standard InChI is InChI=1S/C17H25FN2O3/c1-2-22-11-12-23-16-7-9-20(10-8-16)17(21)19-13-14-3-5-15(18)6-4-14/h3-6,16H,2,7-13H2,1H3,(H,19,21). The molecule has 128 valence electrons. The van der Waals surface area contributed by atoms with E-state index in [-0.39, 0.29) is 18.0 Å². The molecule has 1 aromatic carbocycles. The van der Waals surface area contributed by atoms with Crippen LogP contribution in [0.25, 0.3) is 0 Å². The lowest BCUT2D eigenvalue weighted by molar-refractivity contribution is -0.0158. The van der Waals surface area contributed by atoms with Crippen LogP contribution in [0, 0.1) is 5.82 Å². The molecule has 0 spiro atoms. The van der Waals surface area contributed by atoms with Gasteiger partial charge in [0.05, 0.1) is 19.3 Å². The van der Waals surface area contributed by atoms with Gasteiger partial charge in [0.2, 0.25) is 0 Å². The highest BCUT2D eigenvalue weighted by molar-refractivity contribution is 5.74. The largest absolute Gasteiger partial charge is 0.379 e. The molecule has 1 heterocycles. The Morgan fingerprint density at radius 3 is 2.61 bits per heavy atom. The molecule has 0 aromatic heterocycles. The maximum Gasteiger partial charge on any atom is 0.317 e. The van der Waals surface area contributed by atoms with Crippen molar-refractivity contribution in [1.82, 2.24) is 10.2 Å². The highest BCUT2D eigenvalue weighted by Gasteiger charge is 2.22. The molecule has 0 unspecified atom stereocenters. The second kappa shape index (κ2) is 9.47. The number of hydrogen-bond donors (Lipinski definition) is 1. The molecular formula is C17H25FN2O3. The van der Waals surface area contributed by atoms with Crippen molar-refractivity contribution in [2.24, 2.45) is 0 Å². The van der Waals surface area contributed by atoms with Gasteiger partial charge in [-0.1, -0.05) is 12.1 Å².